The highest BCUT2D eigenvalue weighted by atomic mass is 19.4. The van der Waals surface area contributed by atoms with Crippen LogP contribution in [-0.2, 0) is 22.3 Å². The van der Waals surface area contributed by atoms with E-state index in [1.54, 1.807) is 31.1 Å². The van der Waals surface area contributed by atoms with Crippen LogP contribution in [0.25, 0.3) is 0 Å². The molecule has 2 heterocycles. The van der Waals surface area contributed by atoms with Crippen molar-refractivity contribution in [1.29, 1.82) is 0 Å². The number of hydrogen-bond acceptors (Lipinski definition) is 4. The molecule has 150 valence electrons. The molecule has 1 aliphatic rings. The molecule has 3 rings (SSSR count). The molecular formula is C19H20F3N3O3. The number of likely N-dealkylation sites (tertiary alicyclic amines) is 1. The van der Waals surface area contributed by atoms with E-state index in [0.29, 0.717) is 11.4 Å². The zero-order chi connectivity index (χ0) is 20.5. The highest BCUT2D eigenvalue weighted by Gasteiger charge is 2.36. The van der Waals surface area contributed by atoms with E-state index in [1.165, 1.54) is 17.2 Å². The van der Waals surface area contributed by atoms with Gasteiger partial charge in [0.15, 0.2) is 0 Å². The average molecular weight is 395 g/mol. The summed E-state index contributed by atoms with van der Waals surface area (Å²) in [6.07, 6.45) is -3.02. The molecule has 9 heteroatoms. The minimum absolute atomic E-state index is 0.00278. The Morgan fingerprint density at radius 3 is 2.68 bits per heavy atom. The molecule has 2 amide bonds. The Bertz CT molecular complexity index is 863. The highest BCUT2D eigenvalue weighted by Crippen LogP contribution is 2.35. The van der Waals surface area contributed by atoms with E-state index in [4.69, 9.17) is 4.42 Å². The fraction of sp³-hybridized carbons (Fsp3) is 0.368. The smallest absolute Gasteiger partial charge is 0.416 e. The Kier molecular flexibility index (Phi) is 5.35. The van der Waals surface area contributed by atoms with Crippen LogP contribution in [0.1, 0.15) is 17.7 Å². The van der Waals surface area contributed by atoms with Gasteiger partial charge in [-0.15, -0.1) is 0 Å². The van der Waals surface area contributed by atoms with E-state index in [1.807, 2.05) is 0 Å². The van der Waals surface area contributed by atoms with Crippen LogP contribution < -0.4 is 10.2 Å². The van der Waals surface area contributed by atoms with Gasteiger partial charge in [0.1, 0.15) is 5.76 Å². The van der Waals surface area contributed by atoms with Crippen LogP contribution in [0.3, 0.4) is 0 Å². The molecule has 1 atom stereocenters. The fourth-order valence-electron chi connectivity index (χ4n) is 3.13. The zero-order valence-electron chi connectivity index (χ0n) is 15.4. The number of alkyl halides is 3. The zero-order valence-corrected chi connectivity index (χ0v) is 15.4. The molecule has 0 spiro atoms. The first kappa shape index (κ1) is 19.8. The summed E-state index contributed by atoms with van der Waals surface area (Å²) in [6.45, 7) is 0.434. The summed E-state index contributed by atoms with van der Waals surface area (Å²) in [5.74, 6) is -0.736. The standard InChI is InChI=1S/C19H20F3N3O3/c1-24(2)16-6-5-13(19(20,21)22)9-15(16)23-18(27)12-8-17(26)25(10-12)11-14-4-3-7-28-14/h3-7,9,12H,8,10-11H2,1-2H3,(H,23,27)/t12-/m1/s1. The summed E-state index contributed by atoms with van der Waals surface area (Å²) in [5, 5.41) is 2.56. The molecule has 1 aliphatic heterocycles. The van der Waals surface area contributed by atoms with Crippen LogP contribution >= 0.6 is 0 Å². The molecule has 1 aromatic carbocycles. The van der Waals surface area contributed by atoms with Gasteiger partial charge in [-0.1, -0.05) is 0 Å². The predicted molar refractivity (Wildman–Crippen MR) is 96.6 cm³/mol. The van der Waals surface area contributed by atoms with Crippen molar-refractivity contribution in [3.8, 4) is 0 Å². The first-order valence-corrected chi connectivity index (χ1v) is 8.64. The highest BCUT2D eigenvalue weighted by molar-refractivity contribution is 5.99. The van der Waals surface area contributed by atoms with Crippen molar-refractivity contribution in [3.05, 3.63) is 47.9 Å². The largest absolute Gasteiger partial charge is 0.467 e. The SMILES string of the molecule is CN(C)c1ccc(C(F)(F)F)cc1NC(=O)[C@@H]1CC(=O)N(Cc2ccco2)C1. The normalized spacial score (nSPS) is 17.1. The molecule has 0 unspecified atom stereocenters. The molecule has 6 nitrogen and oxygen atoms in total. The van der Waals surface area contributed by atoms with Gasteiger partial charge in [-0.05, 0) is 30.3 Å². The van der Waals surface area contributed by atoms with Crippen molar-refractivity contribution in [2.24, 2.45) is 5.92 Å². The molecule has 1 saturated heterocycles. The molecule has 0 radical (unpaired) electrons. The maximum atomic E-state index is 13.0. The predicted octanol–water partition coefficient (Wildman–Crippen LogP) is 3.35. The summed E-state index contributed by atoms with van der Waals surface area (Å²) >= 11 is 0. The van der Waals surface area contributed by atoms with Crippen LogP contribution in [0, 0.1) is 5.92 Å². The third-order valence-corrected chi connectivity index (χ3v) is 4.58. The number of carbonyl (C=O) groups is 2. The summed E-state index contributed by atoms with van der Waals surface area (Å²) < 4.78 is 44.3. The van der Waals surface area contributed by atoms with E-state index in [-0.39, 0.29) is 31.1 Å². The van der Waals surface area contributed by atoms with E-state index in [2.05, 4.69) is 5.32 Å². The molecule has 28 heavy (non-hydrogen) atoms. The van der Waals surface area contributed by atoms with Gasteiger partial charge in [0.05, 0.1) is 35.7 Å². The molecular weight excluding hydrogens is 375 g/mol. The molecule has 0 bridgehead atoms. The summed E-state index contributed by atoms with van der Waals surface area (Å²) in [6, 6.07) is 6.62. The molecule has 1 fully saturated rings. The lowest BCUT2D eigenvalue weighted by atomic mass is 10.1. The van der Waals surface area contributed by atoms with Crippen molar-refractivity contribution >= 4 is 23.2 Å². The minimum Gasteiger partial charge on any atom is -0.467 e. The van der Waals surface area contributed by atoms with Gasteiger partial charge < -0.3 is 19.5 Å². The Morgan fingerprint density at radius 1 is 1.32 bits per heavy atom. The number of carbonyl (C=O) groups excluding carboxylic acids is 2. The lowest BCUT2D eigenvalue weighted by molar-refractivity contribution is -0.137. The maximum Gasteiger partial charge on any atom is 0.416 e. The van der Waals surface area contributed by atoms with E-state index >= 15 is 0 Å². The Hall–Kier alpha value is -2.97. The monoisotopic (exact) mass is 395 g/mol. The Labute approximate surface area is 159 Å². The quantitative estimate of drug-likeness (QED) is 0.843. The molecule has 0 saturated carbocycles. The van der Waals surface area contributed by atoms with Gasteiger partial charge in [0, 0.05) is 27.1 Å². The second-order valence-corrected chi connectivity index (χ2v) is 6.87. The van der Waals surface area contributed by atoms with Crippen LogP contribution in [0.5, 0.6) is 0 Å². The molecule has 1 N–H and O–H groups in total. The van der Waals surface area contributed by atoms with E-state index in [0.717, 1.165) is 12.1 Å². The van der Waals surface area contributed by atoms with Crippen molar-refractivity contribution < 1.29 is 27.2 Å². The molecule has 2 aromatic rings. The third kappa shape index (κ3) is 4.29. The van der Waals surface area contributed by atoms with Gasteiger partial charge in [-0.2, -0.15) is 13.2 Å². The Balaban J connectivity index is 1.74. The van der Waals surface area contributed by atoms with E-state index < -0.39 is 23.6 Å². The van der Waals surface area contributed by atoms with Crippen LogP contribution in [-0.4, -0.2) is 37.4 Å². The number of rotatable bonds is 5. The number of halogens is 3. The molecule has 1 aromatic heterocycles. The number of nitrogens with one attached hydrogen (secondary N) is 1. The van der Waals surface area contributed by atoms with Gasteiger partial charge in [-0.3, -0.25) is 9.59 Å². The number of anilines is 2. The average Bonchev–Trinajstić information content (AvgIpc) is 3.24. The van der Waals surface area contributed by atoms with Crippen LogP contribution in [0.4, 0.5) is 24.5 Å². The van der Waals surface area contributed by atoms with Crippen molar-refractivity contribution in [2.75, 3.05) is 30.9 Å². The van der Waals surface area contributed by atoms with Crippen molar-refractivity contribution in [2.45, 2.75) is 19.1 Å². The minimum atomic E-state index is -4.52. The summed E-state index contributed by atoms with van der Waals surface area (Å²) in [7, 11) is 3.34. The number of furan rings is 1. The Morgan fingerprint density at radius 2 is 2.07 bits per heavy atom. The fourth-order valence-corrected chi connectivity index (χ4v) is 3.13. The molecule has 0 aliphatic carbocycles. The van der Waals surface area contributed by atoms with Crippen molar-refractivity contribution in [1.82, 2.24) is 4.90 Å². The van der Waals surface area contributed by atoms with Gasteiger partial charge in [0.2, 0.25) is 11.8 Å². The van der Waals surface area contributed by atoms with Crippen LogP contribution in [0.2, 0.25) is 0 Å². The second kappa shape index (κ2) is 7.57. The first-order valence-electron chi connectivity index (χ1n) is 8.64. The van der Waals surface area contributed by atoms with Gasteiger partial charge >= 0.3 is 6.18 Å². The lowest BCUT2D eigenvalue weighted by Crippen LogP contribution is -2.28. The topological polar surface area (TPSA) is 65.8 Å². The number of nitrogens with zero attached hydrogens (tertiary/aromatic N) is 2. The van der Waals surface area contributed by atoms with Gasteiger partial charge in [0.25, 0.3) is 0 Å². The number of hydrogen-bond donors (Lipinski definition) is 1. The van der Waals surface area contributed by atoms with E-state index in [9.17, 15) is 22.8 Å². The number of benzene rings is 1. The summed E-state index contributed by atoms with van der Waals surface area (Å²) in [4.78, 5) is 27.9. The maximum absolute atomic E-state index is 13.0. The van der Waals surface area contributed by atoms with Gasteiger partial charge in [-0.25, -0.2) is 0 Å². The first-order chi connectivity index (χ1) is 13.1. The summed E-state index contributed by atoms with van der Waals surface area (Å²) in [5.41, 5.74) is -0.352. The number of amides is 2. The van der Waals surface area contributed by atoms with Crippen LogP contribution in [0.15, 0.2) is 41.0 Å². The lowest BCUT2D eigenvalue weighted by Gasteiger charge is -2.21. The van der Waals surface area contributed by atoms with Crippen molar-refractivity contribution in [3.63, 3.8) is 0 Å². The third-order valence-electron chi connectivity index (χ3n) is 4.58. The second-order valence-electron chi connectivity index (χ2n) is 6.87.